The first kappa shape index (κ1) is 27.5. The van der Waals surface area contributed by atoms with Crippen LogP contribution in [0.5, 0.6) is 0 Å². The van der Waals surface area contributed by atoms with Gasteiger partial charge >= 0.3 is 41.7 Å². The van der Waals surface area contributed by atoms with Crippen molar-refractivity contribution < 1.29 is 65.9 Å². The molecule has 0 aliphatic heterocycles. The third-order valence-corrected chi connectivity index (χ3v) is 5.43. The summed E-state index contributed by atoms with van der Waals surface area (Å²) in [5.74, 6) is -46.1. The summed E-state index contributed by atoms with van der Waals surface area (Å²) in [5, 5.41) is 0. The number of alkyl halides is 15. The van der Waals surface area contributed by atoms with Gasteiger partial charge in [-0.1, -0.05) is 13.1 Å². The van der Waals surface area contributed by atoms with E-state index in [-0.39, 0.29) is 0 Å². The molecule has 0 radical (unpaired) electrons. The van der Waals surface area contributed by atoms with Crippen LogP contribution in [-0.2, 0) is 0 Å². The van der Waals surface area contributed by atoms with Crippen molar-refractivity contribution in [3.05, 3.63) is 0 Å². The average molecular weight is 491 g/mol. The van der Waals surface area contributed by atoms with Gasteiger partial charge in [-0.05, 0) is 6.04 Å². The molecular weight excluding hydrogens is 481 g/mol. The summed E-state index contributed by atoms with van der Waals surface area (Å²) in [6.45, 7) is 2.04. The summed E-state index contributed by atoms with van der Waals surface area (Å²) in [6, 6.07) is -1.14. The van der Waals surface area contributed by atoms with E-state index >= 15 is 0 Å². The molecule has 0 N–H and O–H groups in total. The van der Waals surface area contributed by atoms with Crippen LogP contribution in [0.1, 0.15) is 6.42 Å². The molecule has 0 heterocycles. The Morgan fingerprint density at radius 1 is 0.536 bits per heavy atom. The molecule has 0 fully saturated rings. The number of halogens is 16. The second kappa shape index (κ2) is 7.01. The Labute approximate surface area is 152 Å². The first-order chi connectivity index (χ1) is 11.7. The second-order valence-corrected chi connectivity index (χ2v) is 13.3. The van der Waals surface area contributed by atoms with Gasteiger partial charge in [-0.2, -0.15) is 76.9 Å². The maximum absolute atomic E-state index is 13.4. The number of rotatable bonds is 8. The first-order valence-corrected chi connectivity index (χ1v) is 10.9. The maximum Gasteiger partial charge on any atom is 0.460 e. The predicted octanol–water partition coefficient (Wildman–Crippen LogP) is 7.19. The molecule has 0 aliphatic carbocycles. The minimum Gasteiger partial charge on any atom is -0.200 e. The Kier molecular flexibility index (Phi) is 6.87. The first-order valence-electron chi connectivity index (χ1n) is 6.73. The zero-order valence-corrected chi connectivity index (χ0v) is 15.2. The molecule has 0 bridgehead atoms. The lowest BCUT2D eigenvalue weighted by molar-refractivity contribution is -0.452. The van der Waals surface area contributed by atoms with E-state index in [9.17, 15) is 65.9 Å². The Bertz CT molecular complexity index is 559. The van der Waals surface area contributed by atoms with Crippen molar-refractivity contribution in [2.24, 2.45) is 0 Å². The highest BCUT2D eigenvalue weighted by Gasteiger charge is 2.93. The molecule has 0 nitrogen and oxygen atoms in total. The summed E-state index contributed by atoms with van der Waals surface area (Å²) >= 11 is 5.46. The van der Waals surface area contributed by atoms with Gasteiger partial charge in [0.1, 0.15) is 0 Å². The van der Waals surface area contributed by atoms with Crippen LogP contribution in [0.25, 0.3) is 0 Å². The molecule has 0 saturated heterocycles. The van der Waals surface area contributed by atoms with E-state index in [2.05, 4.69) is 0 Å². The highest BCUT2D eigenvalue weighted by atomic mass is 35.6. The van der Waals surface area contributed by atoms with E-state index in [0.717, 1.165) is 13.1 Å². The Morgan fingerprint density at radius 3 is 1.11 bits per heavy atom. The lowest BCUT2D eigenvalue weighted by Crippen LogP contribution is -2.72. The molecule has 0 rings (SSSR count). The summed E-state index contributed by atoms with van der Waals surface area (Å²) in [4.78, 5) is 0. The molecule has 28 heavy (non-hydrogen) atoms. The lowest BCUT2D eigenvalue weighted by atomic mass is 9.90. The zero-order valence-electron chi connectivity index (χ0n) is 13.5. The lowest BCUT2D eigenvalue weighted by Gasteiger charge is -2.41. The van der Waals surface area contributed by atoms with Crippen molar-refractivity contribution >= 4 is 18.5 Å². The fourth-order valence-corrected chi connectivity index (χ4v) is 2.80. The molecule has 0 aliphatic rings. The Hall–Kier alpha value is -0.543. The summed E-state index contributed by atoms with van der Waals surface area (Å²) in [7, 11) is -3.23. The van der Waals surface area contributed by atoms with Crippen LogP contribution in [0.4, 0.5) is 65.9 Å². The van der Waals surface area contributed by atoms with Gasteiger partial charge in [-0.15, -0.1) is 0 Å². The van der Waals surface area contributed by atoms with Crippen LogP contribution in [-0.4, -0.2) is 49.1 Å². The molecule has 0 atom stereocenters. The van der Waals surface area contributed by atoms with Gasteiger partial charge in [0.2, 0.25) is 0 Å². The zero-order chi connectivity index (χ0) is 23.4. The smallest absolute Gasteiger partial charge is 0.200 e. The minimum atomic E-state index is -8.24. The van der Waals surface area contributed by atoms with Gasteiger partial charge in [0.05, 0.1) is 0 Å². The fraction of sp³-hybridized carbons (Fsp3) is 1.00. The molecule has 0 aromatic carbocycles. The highest BCUT2D eigenvalue weighted by Crippen LogP contribution is 2.62. The van der Waals surface area contributed by atoms with E-state index < -0.39 is 61.6 Å². The van der Waals surface area contributed by atoms with E-state index in [1.807, 2.05) is 0 Å². The van der Waals surface area contributed by atoms with E-state index in [1.54, 1.807) is 0 Å². The Morgan fingerprint density at radius 2 is 0.821 bits per heavy atom. The predicted molar refractivity (Wildman–Crippen MR) is 68.5 cm³/mol. The van der Waals surface area contributed by atoms with Crippen LogP contribution in [0.15, 0.2) is 0 Å². The topological polar surface area (TPSA) is 0 Å². The molecule has 0 saturated carbocycles. The largest absolute Gasteiger partial charge is 0.460 e. The van der Waals surface area contributed by atoms with Crippen LogP contribution in [0, 0.1) is 0 Å². The number of hydrogen-bond donors (Lipinski definition) is 0. The number of hydrogen-bond acceptors (Lipinski definition) is 0. The third kappa shape index (κ3) is 4.17. The van der Waals surface area contributed by atoms with Crippen LogP contribution in [0.2, 0.25) is 19.1 Å². The molecule has 17 heteroatoms. The van der Waals surface area contributed by atoms with Gasteiger partial charge < -0.3 is 0 Å². The second-order valence-electron chi connectivity index (χ2n) is 6.29. The van der Waals surface area contributed by atoms with Gasteiger partial charge in [-0.25, -0.2) is 0 Å². The van der Waals surface area contributed by atoms with E-state index in [4.69, 9.17) is 11.1 Å². The molecule has 170 valence electrons. The quantitative estimate of drug-likeness (QED) is 0.192. The van der Waals surface area contributed by atoms with Crippen molar-refractivity contribution in [3.63, 3.8) is 0 Å². The summed E-state index contributed by atoms with van der Waals surface area (Å²) in [6.07, 6.45) is -9.95. The van der Waals surface area contributed by atoms with Gasteiger partial charge in [0.15, 0.2) is 7.38 Å². The van der Waals surface area contributed by atoms with Crippen LogP contribution >= 0.6 is 11.1 Å². The third-order valence-electron chi connectivity index (χ3n) is 3.43. The van der Waals surface area contributed by atoms with Crippen LogP contribution < -0.4 is 0 Å². The van der Waals surface area contributed by atoms with E-state index in [1.165, 1.54) is 0 Å². The normalized spacial score (nSPS) is 16.5. The van der Waals surface area contributed by atoms with Crippen molar-refractivity contribution in [3.8, 4) is 0 Å². The molecule has 0 unspecified atom stereocenters. The molecule has 0 spiro atoms. The van der Waals surface area contributed by atoms with Crippen LogP contribution in [0.3, 0.4) is 0 Å². The summed E-state index contributed by atoms with van der Waals surface area (Å²) in [5.41, 5.74) is 0. The monoisotopic (exact) mass is 490 g/mol. The van der Waals surface area contributed by atoms with Crippen molar-refractivity contribution in [1.29, 1.82) is 0 Å². The molecule has 0 aromatic rings. The standard InChI is InChI=1S/C11H10ClF15Si/c1-28(2,12)4-3-5(13,14)6(15,16)7(17,18)8(19,20)9(21,22)10(23,24)11(25,26)27/h3-4H2,1-2H3. The van der Waals surface area contributed by atoms with Crippen molar-refractivity contribution in [2.45, 2.75) is 67.3 Å². The minimum absolute atomic E-state index is 1.02. The SMILES string of the molecule is C[Si](C)(Cl)CCC(F)(F)C(F)(F)C(F)(F)C(F)(F)C(F)(F)C(F)(F)C(F)(F)F. The maximum atomic E-state index is 13.4. The van der Waals surface area contributed by atoms with E-state index in [0.29, 0.717) is 0 Å². The average Bonchev–Trinajstić information content (AvgIpc) is 2.42. The van der Waals surface area contributed by atoms with Gasteiger partial charge in [0.25, 0.3) is 0 Å². The summed E-state index contributed by atoms with van der Waals surface area (Å²) < 4.78 is 193. The fourth-order valence-electron chi connectivity index (χ4n) is 1.61. The van der Waals surface area contributed by atoms with Gasteiger partial charge in [-0.3, -0.25) is 0 Å². The Balaban J connectivity index is 6.32. The molecule has 0 amide bonds. The molecular formula is C11H10ClF15Si. The highest BCUT2D eigenvalue weighted by molar-refractivity contribution is 7.19. The van der Waals surface area contributed by atoms with Gasteiger partial charge in [0, 0.05) is 6.42 Å². The van der Waals surface area contributed by atoms with Crippen molar-refractivity contribution in [2.75, 3.05) is 0 Å². The van der Waals surface area contributed by atoms with Crippen molar-refractivity contribution in [1.82, 2.24) is 0 Å². The molecule has 0 aromatic heterocycles.